The Labute approximate surface area is 84.1 Å². The predicted octanol–water partition coefficient (Wildman–Crippen LogP) is 1.49. The van der Waals surface area contributed by atoms with Crippen LogP contribution in [0.4, 0.5) is 0 Å². The Morgan fingerprint density at radius 2 is 2.57 bits per heavy atom. The van der Waals surface area contributed by atoms with Crippen LogP contribution in [0.2, 0.25) is 0 Å². The van der Waals surface area contributed by atoms with Crippen molar-refractivity contribution in [2.24, 2.45) is 0 Å². The van der Waals surface area contributed by atoms with E-state index in [0.717, 1.165) is 38.2 Å². The Bertz CT molecular complexity index is 259. The summed E-state index contributed by atoms with van der Waals surface area (Å²) in [5, 5.41) is 7.13. The fourth-order valence-corrected chi connectivity index (χ4v) is 2.36. The third kappa shape index (κ3) is 1.66. The van der Waals surface area contributed by atoms with E-state index in [1.54, 1.807) is 0 Å². The van der Waals surface area contributed by atoms with Gasteiger partial charge in [0.1, 0.15) is 0 Å². The van der Waals surface area contributed by atoms with E-state index < -0.39 is 0 Å². The van der Waals surface area contributed by atoms with Gasteiger partial charge in [-0.2, -0.15) is 4.98 Å². The second kappa shape index (κ2) is 4.09. The largest absolute Gasteiger partial charge is 0.339 e. The number of nitrogens with zero attached hydrogens (tertiary/aromatic N) is 2. The van der Waals surface area contributed by atoms with Crippen LogP contribution in [0.25, 0.3) is 0 Å². The highest BCUT2D eigenvalue weighted by Crippen LogP contribution is 2.34. The van der Waals surface area contributed by atoms with Crippen LogP contribution in [0.3, 0.4) is 0 Å². The monoisotopic (exact) mass is 195 g/mol. The van der Waals surface area contributed by atoms with Crippen LogP contribution in [0, 0.1) is 0 Å². The molecule has 1 aromatic heterocycles. The molecule has 0 bridgehead atoms. The topological polar surface area (TPSA) is 51.0 Å². The molecular weight excluding hydrogens is 178 g/mol. The number of piperidine rings is 1. The van der Waals surface area contributed by atoms with E-state index >= 15 is 0 Å². The summed E-state index contributed by atoms with van der Waals surface area (Å²) >= 11 is 0. The first-order chi connectivity index (χ1) is 6.87. The molecule has 4 heteroatoms. The normalized spacial score (nSPS) is 27.8. The summed E-state index contributed by atoms with van der Waals surface area (Å²) in [5.41, 5.74) is 0.101. The first-order valence-electron chi connectivity index (χ1n) is 5.35. The van der Waals surface area contributed by atoms with Crippen molar-refractivity contribution in [2.45, 2.75) is 38.0 Å². The van der Waals surface area contributed by atoms with Crippen molar-refractivity contribution in [1.29, 1.82) is 0 Å². The summed E-state index contributed by atoms with van der Waals surface area (Å²) in [6, 6.07) is 0. The van der Waals surface area contributed by atoms with Gasteiger partial charge in [-0.05, 0) is 25.8 Å². The molecule has 1 aliphatic rings. The van der Waals surface area contributed by atoms with Crippen LogP contribution in [-0.2, 0) is 5.41 Å². The average molecular weight is 195 g/mol. The van der Waals surface area contributed by atoms with E-state index in [1.807, 2.05) is 0 Å². The molecule has 1 fully saturated rings. The molecule has 78 valence electrons. The minimum atomic E-state index is 0.101. The van der Waals surface area contributed by atoms with Gasteiger partial charge in [-0.3, -0.25) is 0 Å². The molecule has 1 N–H and O–H groups in total. The van der Waals surface area contributed by atoms with E-state index in [4.69, 9.17) is 4.52 Å². The van der Waals surface area contributed by atoms with Crippen LogP contribution in [0.1, 0.15) is 38.5 Å². The summed E-state index contributed by atoms with van der Waals surface area (Å²) in [6.07, 6.45) is 6.14. The number of rotatable bonds is 3. The van der Waals surface area contributed by atoms with E-state index in [2.05, 4.69) is 22.4 Å². The molecule has 2 rings (SSSR count). The van der Waals surface area contributed by atoms with Gasteiger partial charge >= 0.3 is 0 Å². The van der Waals surface area contributed by atoms with Gasteiger partial charge in [0.05, 0.1) is 5.41 Å². The Morgan fingerprint density at radius 3 is 3.14 bits per heavy atom. The van der Waals surface area contributed by atoms with Crippen molar-refractivity contribution in [3.63, 3.8) is 0 Å². The number of hydrogen-bond donors (Lipinski definition) is 1. The maximum Gasteiger partial charge on any atom is 0.233 e. The molecule has 1 unspecified atom stereocenters. The zero-order chi connectivity index (χ0) is 9.86. The van der Waals surface area contributed by atoms with Crippen molar-refractivity contribution in [2.75, 3.05) is 13.1 Å². The SMILES string of the molecule is CCCC1(c2ncno2)CCCNC1. The Kier molecular flexibility index (Phi) is 2.82. The third-order valence-electron chi connectivity index (χ3n) is 3.02. The molecule has 0 aromatic carbocycles. The Hall–Kier alpha value is -0.900. The van der Waals surface area contributed by atoms with Crippen molar-refractivity contribution in [3.05, 3.63) is 12.2 Å². The molecule has 0 spiro atoms. The summed E-state index contributed by atoms with van der Waals surface area (Å²) in [5.74, 6) is 0.812. The maximum absolute atomic E-state index is 5.23. The van der Waals surface area contributed by atoms with Gasteiger partial charge in [-0.25, -0.2) is 0 Å². The molecule has 1 aliphatic heterocycles. The molecule has 2 heterocycles. The first-order valence-corrected chi connectivity index (χ1v) is 5.35. The predicted molar refractivity (Wildman–Crippen MR) is 53.0 cm³/mol. The van der Waals surface area contributed by atoms with Gasteiger partial charge in [-0.1, -0.05) is 18.5 Å². The summed E-state index contributed by atoms with van der Waals surface area (Å²) in [4.78, 5) is 4.21. The number of hydrogen-bond acceptors (Lipinski definition) is 4. The lowest BCUT2D eigenvalue weighted by molar-refractivity contribution is 0.213. The maximum atomic E-state index is 5.23. The van der Waals surface area contributed by atoms with Crippen molar-refractivity contribution in [3.8, 4) is 0 Å². The lowest BCUT2D eigenvalue weighted by Gasteiger charge is -2.34. The highest BCUT2D eigenvalue weighted by molar-refractivity contribution is 5.06. The van der Waals surface area contributed by atoms with Crippen LogP contribution in [0.5, 0.6) is 0 Å². The lowest BCUT2D eigenvalue weighted by atomic mass is 9.77. The zero-order valence-corrected chi connectivity index (χ0v) is 8.62. The molecule has 14 heavy (non-hydrogen) atoms. The van der Waals surface area contributed by atoms with Gasteiger partial charge in [0.25, 0.3) is 0 Å². The van der Waals surface area contributed by atoms with Gasteiger partial charge in [0.2, 0.25) is 5.89 Å². The first kappa shape index (κ1) is 9.65. The van der Waals surface area contributed by atoms with Crippen LogP contribution < -0.4 is 5.32 Å². The molecule has 0 radical (unpaired) electrons. The minimum absolute atomic E-state index is 0.101. The van der Waals surface area contributed by atoms with E-state index in [1.165, 1.54) is 12.7 Å². The van der Waals surface area contributed by atoms with Crippen LogP contribution in [0.15, 0.2) is 10.9 Å². The van der Waals surface area contributed by atoms with Crippen LogP contribution in [-0.4, -0.2) is 23.2 Å². The summed E-state index contributed by atoms with van der Waals surface area (Å²) in [7, 11) is 0. The molecule has 0 aliphatic carbocycles. The molecule has 1 saturated heterocycles. The van der Waals surface area contributed by atoms with Gasteiger partial charge in [0.15, 0.2) is 6.33 Å². The Morgan fingerprint density at radius 1 is 1.64 bits per heavy atom. The fourth-order valence-electron chi connectivity index (χ4n) is 2.36. The smallest absolute Gasteiger partial charge is 0.233 e. The molecule has 1 aromatic rings. The highest BCUT2D eigenvalue weighted by Gasteiger charge is 2.37. The number of aromatic nitrogens is 2. The van der Waals surface area contributed by atoms with E-state index in [9.17, 15) is 0 Å². The van der Waals surface area contributed by atoms with Gasteiger partial charge < -0.3 is 9.84 Å². The lowest BCUT2D eigenvalue weighted by Crippen LogP contribution is -2.43. The second-order valence-electron chi connectivity index (χ2n) is 4.06. The second-order valence-corrected chi connectivity index (χ2v) is 4.06. The van der Waals surface area contributed by atoms with Gasteiger partial charge in [-0.15, -0.1) is 0 Å². The molecule has 0 saturated carbocycles. The fraction of sp³-hybridized carbons (Fsp3) is 0.800. The van der Waals surface area contributed by atoms with Crippen molar-refractivity contribution in [1.82, 2.24) is 15.5 Å². The zero-order valence-electron chi connectivity index (χ0n) is 8.62. The van der Waals surface area contributed by atoms with Crippen LogP contribution >= 0.6 is 0 Å². The highest BCUT2D eigenvalue weighted by atomic mass is 16.5. The standard InChI is InChI=1S/C10H17N3O/c1-2-4-10(5-3-6-11-7-10)9-12-8-13-14-9/h8,11H,2-7H2,1H3. The molecule has 1 atom stereocenters. The quantitative estimate of drug-likeness (QED) is 0.794. The minimum Gasteiger partial charge on any atom is -0.339 e. The van der Waals surface area contributed by atoms with Crippen molar-refractivity contribution < 1.29 is 4.52 Å². The third-order valence-corrected chi connectivity index (χ3v) is 3.02. The summed E-state index contributed by atoms with van der Waals surface area (Å²) < 4.78 is 5.23. The molecular formula is C10H17N3O. The Balaban J connectivity index is 2.20. The summed E-state index contributed by atoms with van der Waals surface area (Å²) in [6.45, 7) is 4.29. The van der Waals surface area contributed by atoms with Crippen molar-refractivity contribution >= 4 is 0 Å². The number of nitrogens with one attached hydrogen (secondary N) is 1. The molecule has 4 nitrogen and oxygen atoms in total. The molecule has 0 amide bonds. The van der Waals surface area contributed by atoms with E-state index in [0.29, 0.717) is 0 Å². The van der Waals surface area contributed by atoms with E-state index in [-0.39, 0.29) is 5.41 Å². The average Bonchev–Trinajstić information content (AvgIpc) is 2.73. The van der Waals surface area contributed by atoms with Gasteiger partial charge in [0, 0.05) is 6.54 Å².